The van der Waals surface area contributed by atoms with Crippen LogP contribution >= 0.6 is 23.2 Å². The molecule has 0 spiro atoms. The van der Waals surface area contributed by atoms with Gasteiger partial charge in [0.05, 0.1) is 28.9 Å². The van der Waals surface area contributed by atoms with Crippen molar-refractivity contribution in [3.05, 3.63) is 69.7 Å². The predicted molar refractivity (Wildman–Crippen MR) is 146 cm³/mol. The summed E-state index contributed by atoms with van der Waals surface area (Å²) in [5, 5.41) is 10.7. The maximum Gasteiger partial charge on any atom is 0.304 e. The number of sulfone groups is 1. The molecule has 6 nitrogen and oxygen atoms in total. The van der Waals surface area contributed by atoms with Crippen molar-refractivity contribution in [3.8, 4) is 0 Å². The predicted octanol–water partition coefficient (Wildman–Crippen LogP) is 6.28. The van der Waals surface area contributed by atoms with Crippen molar-refractivity contribution in [3.63, 3.8) is 0 Å². The van der Waals surface area contributed by atoms with Gasteiger partial charge in [-0.1, -0.05) is 54.4 Å². The second-order valence-electron chi connectivity index (χ2n) is 10.5. The Labute approximate surface area is 228 Å². The quantitative estimate of drug-likeness (QED) is 0.366. The number of carboxylic acid groups (broad SMARTS) is 1. The third-order valence-corrected chi connectivity index (χ3v) is 10.7. The molecular weight excluding hydrogens is 533 g/mol. The number of hydrogen-bond acceptors (Lipinski definition) is 4. The highest BCUT2D eigenvalue weighted by Gasteiger charge is 2.53. The fourth-order valence-electron chi connectivity index (χ4n) is 5.70. The number of benzene rings is 2. The average Bonchev–Trinajstić information content (AvgIpc) is 3.70. The van der Waals surface area contributed by atoms with Gasteiger partial charge in [0.15, 0.2) is 9.84 Å². The van der Waals surface area contributed by atoms with Gasteiger partial charge in [0, 0.05) is 22.0 Å². The van der Waals surface area contributed by atoms with E-state index in [1.807, 2.05) is 44.2 Å². The molecule has 1 N–H and O–H groups in total. The highest BCUT2D eigenvalue weighted by molar-refractivity contribution is 7.92. The minimum atomic E-state index is -3.22. The van der Waals surface area contributed by atoms with Gasteiger partial charge < -0.3 is 10.0 Å². The molecule has 2 aromatic carbocycles. The maximum absolute atomic E-state index is 14.3. The van der Waals surface area contributed by atoms with Crippen LogP contribution in [0.1, 0.15) is 75.5 Å². The molecule has 0 unspecified atom stereocenters. The molecule has 2 aliphatic rings. The molecule has 4 rings (SSSR count). The number of carbonyl (C=O) groups excluding carboxylic acids is 1. The van der Waals surface area contributed by atoms with E-state index in [9.17, 15) is 23.1 Å². The molecule has 0 radical (unpaired) electrons. The van der Waals surface area contributed by atoms with Gasteiger partial charge in [-0.2, -0.15) is 0 Å². The number of hydrogen-bond donors (Lipinski definition) is 1. The fraction of sp³-hybridized carbons (Fsp3) is 0.500. The molecule has 1 aliphatic carbocycles. The zero-order valence-corrected chi connectivity index (χ0v) is 23.4. The van der Waals surface area contributed by atoms with E-state index in [4.69, 9.17) is 23.2 Å². The zero-order chi connectivity index (χ0) is 27.0. The molecule has 200 valence electrons. The number of piperidine rings is 1. The molecule has 1 saturated carbocycles. The Morgan fingerprint density at radius 2 is 1.78 bits per heavy atom. The molecule has 37 heavy (non-hydrogen) atoms. The number of aliphatic carboxylic acids is 1. The number of halogens is 2. The highest BCUT2D eigenvalue weighted by Crippen LogP contribution is 2.53. The van der Waals surface area contributed by atoms with Crippen LogP contribution in [0.5, 0.6) is 0 Å². The lowest BCUT2D eigenvalue weighted by molar-refractivity contribution is -0.162. The molecule has 1 saturated heterocycles. The van der Waals surface area contributed by atoms with Crippen molar-refractivity contribution in [1.82, 2.24) is 4.90 Å². The zero-order valence-electron chi connectivity index (χ0n) is 21.1. The second kappa shape index (κ2) is 11.0. The minimum Gasteiger partial charge on any atom is -0.481 e. The first kappa shape index (κ1) is 27.9. The first-order valence-corrected chi connectivity index (χ1v) is 15.2. The topological polar surface area (TPSA) is 91.8 Å². The number of likely N-dealkylation sites (tertiary alicyclic amines) is 1. The Kier molecular flexibility index (Phi) is 8.27. The number of nitrogens with zero attached hydrogens (tertiary/aromatic N) is 1. The normalized spacial score (nSPS) is 25.2. The Balaban J connectivity index is 1.83. The van der Waals surface area contributed by atoms with E-state index in [-0.39, 0.29) is 35.7 Å². The van der Waals surface area contributed by atoms with Crippen LogP contribution in [0.15, 0.2) is 48.5 Å². The van der Waals surface area contributed by atoms with Crippen molar-refractivity contribution >= 4 is 44.9 Å². The summed E-state index contributed by atoms with van der Waals surface area (Å²) in [5.74, 6) is -1.53. The Bertz CT molecular complexity index is 1260. The molecule has 0 bridgehead atoms. The highest BCUT2D eigenvalue weighted by atomic mass is 35.5. The summed E-state index contributed by atoms with van der Waals surface area (Å²) >= 11 is 12.6. The number of amides is 1. The Morgan fingerprint density at radius 1 is 1.11 bits per heavy atom. The van der Waals surface area contributed by atoms with Gasteiger partial charge in [-0.05, 0) is 74.4 Å². The molecule has 4 atom stereocenters. The van der Waals surface area contributed by atoms with E-state index >= 15 is 0 Å². The summed E-state index contributed by atoms with van der Waals surface area (Å²) in [6, 6.07) is 13.9. The Morgan fingerprint density at radius 3 is 2.35 bits per heavy atom. The van der Waals surface area contributed by atoms with Crippen LogP contribution < -0.4 is 0 Å². The van der Waals surface area contributed by atoms with E-state index in [0.29, 0.717) is 35.7 Å². The lowest BCUT2D eigenvalue weighted by Gasteiger charge is -2.52. The third-order valence-electron chi connectivity index (χ3n) is 7.96. The number of rotatable bonds is 10. The van der Waals surface area contributed by atoms with Gasteiger partial charge >= 0.3 is 5.97 Å². The van der Waals surface area contributed by atoms with E-state index in [0.717, 1.165) is 11.1 Å². The summed E-state index contributed by atoms with van der Waals surface area (Å²) < 4.78 is 25.4. The minimum absolute atomic E-state index is 0.00413. The van der Waals surface area contributed by atoms with Gasteiger partial charge in [-0.25, -0.2) is 8.42 Å². The van der Waals surface area contributed by atoms with Gasteiger partial charge in [0.1, 0.15) is 0 Å². The van der Waals surface area contributed by atoms with Crippen LogP contribution in [-0.2, 0) is 19.4 Å². The van der Waals surface area contributed by atoms with E-state index < -0.39 is 33.3 Å². The molecule has 1 amide bonds. The summed E-state index contributed by atoms with van der Waals surface area (Å²) in [7, 11) is -3.22. The molecular formula is C28H33Cl2NO5S. The van der Waals surface area contributed by atoms with Gasteiger partial charge in [0.25, 0.3) is 0 Å². The summed E-state index contributed by atoms with van der Waals surface area (Å²) in [6.45, 7) is 3.71. The van der Waals surface area contributed by atoms with Crippen molar-refractivity contribution in [2.45, 2.75) is 75.6 Å². The summed E-state index contributed by atoms with van der Waals surface area (Å²) in [4.78, 5) is 28.0. The van der Waals surface area contributed by atoms with Crippen molar-refractivity contribution in [2.24, 2.45) is 5.41 Å². The van der Waals surface area contributed by atoms with Crippen LogP contribution in [0.4, 0.5) is 0 Å². The lowest BCUT2D eigenvalue weighted by atomic mass is 9.65. The van der Waals surface area contributed by atoms with E-state index in [1.54, 1.807) is 23.1 Å². The lowest BCUT2D eigenvalue weighted by Crippen LogP contribution is -2.56. The third kappa shape index (κ3) is 5.99. The summed E-state index contributed by atoms with van der Waals surface area (Å²) in [6.07, 6.45) is 2.07. The van der Waals surface area contributed by atoms with Crippen LogP contribution in [0, 0.1) is 5.41 Å². The largest absolute Gasteiger partial charge is 0.481 e. The molecule has 2 fully saturated rings. The van der Waals surface area contributed by atoms with E-state index in [1.165, 1.54) is 0 Å². The second-order valence-corrected chi connectivity index (χ2v) is 13.8. The first-order chi connectivity index (χ1) is 17.5. The monoisotopic (exact) mass is 565 g/mol. The Hall–Kier alpha value is -2.09. The smallest absolute Gasteiger partial charge is 0.304 e. The van der Waals surface area contributed by atoms with Gasteiger partial charge in [0.2, 0.25) is 5.91 Å². The van der Waals surface area contributed by atoms with E-state index in [2.05, 4.69) is 0 Å². The SMILES string of the molecule is CC[C@]1(CC(=O)O)C[C@H](c2cccc(Cl)c2)[C@@H](c2ccc(Cl)cc2)N([C@@H](C)CCS(=O)(=O)C2CC2)C1=O. The maximum atomic E-state index is 14.3. The molecule has 0 aromatic heterocycles. The van der Waals surface area contributed by atoms with Gasteiger partial charge in [-0.15, -0.1) is 0 Å². The van der Waals surface area contributed by atoms with Crippen molar-refractivity contribution in [2.75, 3.05) is 5.75 Å². The van der Waals surface area contributed by atoms with Crippen LogP contribution in [0.3, 0.4) is 0 Å². The van der Waals surface area contributed by atoms with Crippen LogP contribution in [-0.4, -0.2) is 47.3 Å². The number of carboxylic acids is 1. The summed E-state index contributed by atoms with van der Waals surface area (Å²) in [5.41, 5.74) is 0.649. The van der Waals surface area contributed by atoms with Crippen molar-refractivity contribution < 1.29 is 23.1 Å². The standard InChI is InChI=1S/C28H33Cl2NO5S/c1-3-28(17-25(32)33)16-24(20-5-4-6-22(30)15-20)26(19-7-9-21(29)10-8-19)31(27(28)34)18(2)13-14-37(35,36)23-11-12-23/h4-10,15,18,23-24,26H,3,11-14,16-17H2,1-2H3,(H,32,33)/t18-,24+,26+,28+/m0/s1. The van der Waals surface area contributed by atoms with Crippen LogP contribution in [0.25, 0.3) is 0 Å². The van der Waals surface area contributed by atoms with Gasteiger partial charge in [-0.3, -0.25) is 9.59 Å². The average molecular weight is 567 g/mol. The fourth-order valence-corrected chi connectivity index (χ4v) is 7.89. The molecule has 1 heterocycles. The van der Waals surface area contributed by atoms with Crippen molar-refractivity contribution in [1.29, 1.82) is 0 Å². The molecule has 2 aromatic rings. The molecule has 1 aliphatic heterocycles. The first-order valence-electron chi connectivity index (χ1n) is 12.7. The molecule has 9 heteroatoms. The van der Waals surface area contributed by atoms with Crippen LogP contribution in [0.2, 0.25) is 10.0 Å². The number of carbonyl (C=O) groups is 2.